The predicted octanol–water partition coefficient (Wildman–Crippen LogP) is 2.12. The molecule has 0 aliphatic rings. The third-order valence-electron chi connectivity index (χ3n) is 0.192. The van der Waals surface area contributed by atoms with E-state index in [1.54, 1.807) is 4.70 Å². The molecule has 0 nitrogen and oxygen atoms in total. The van der Waals surface area contributed by atoms with Crippen LogP contribution in [-0.2, 0) is 10.9 Å². The van der Waals surface area contributed by atoms with Gasteiger partial charge in [0.1, 0.15) is 12.5 Å². The van der Waals surface area contributed by atoms with E-state index in [-0.39, 0.29) is 0 Å². The van der Waals surface area contributed by atoms with Crippen molar-refractivity contribution < 1.29 is 17.3 Å². The first-order valence-electron chi connectivity index (χ1n) is 2.16. The quantitative estimate of drug-likeness (QED) is 0.266. The van der Waals surface area contributed by atoms with E-state index in [4.69, 9.17) is 0 Å². The summed E-state index contributed by atoms with van der Waals surface area (Å²) < 4.78 is 40.8. The van der Waals surface area contributed by atoms with Gasteiger partial charge in [-0.15, -0.1) is 0 Å². The zero-order chi connectivity index (χ0) is 8.78. The molecule has 0 saturated heterocycles. The molecule has 0 N–H and O–H groups in total. The molecule has 0 atom stereocenters. The molecule has 10 heavy (non-hydrogen) atoms. The maximum Gasteiger partial charge on any atom is 0.673 e. The van der Waals surface area contributed by atoms with E-state index in [2.05, 4.69) is 24.7 Å². The Labute approximate surface area is 65.4 Å². The van der Waals surface area contributed by atoms with E-state index in [1.807, 2.05) is 0 Å². The van der Waals surface area contributed by atoms with Crippen LogP contribution in [0, 0.1) is 0 Å². The zero-order valence-corrected chi connectivity index (χ0v) is 7.12. The van der Waals surface area contributed by atoms with Crippen LogP contribution in [-0.4, -0.2) is 24.5 Å². The smallest absolute Gasteiger partial charge is 0.418 e. The monoisotopic (exact) mass is 194 g/mol. The molecule has 0 unspecified atom stereocenters. The zero-order valence-electron chi connectivity index (χ0n) is 5.48. The van der Waals surface area contributed by atoms with Crippen LogP contribution in [0.15, 0.2) is 0 Å². The summed E-state index contributed by atoms with van der Waals surface area (Å²) in [5.74, 6) is 0. The molecule has 0 aromatic heterocycles. The second-order valence-electron chi connectivity index (χ2n) is 1.47. The Kier molecular flexibility index (Phi) is 7.68. The second-order valence-corrected chi connectivity index (χ2v) is 4.00. The van der Waals surface area contributed by atoms with Crippen molar-refractivity contribution in [1.29, 1.82) is 0 Å². The van der Waals surface area contributed by atoms with Crippen LogP contribution in [0.3, 0.4) is 0 Å². The van der Waals surface area contributed by atoms with E-state index in [0.717, 1.165) is 0 Å². The Morgan fingerprint density at radius 3 is 1.30 bits per heavy atom. The lowest BCUT2D eigenvalue weighted by molar-refractivity contribution is 0.368. The first kappa shape index (κ1) is 12.9. The second kappa shape index (κ2) is 5.97. The highest BCUT2D eigenvalue weighted by atomic mass is 32.2. The van der Waals surface area contributed by atoms with Gasteiger partial charge >= 0.3 is 7.25 Å². The van der Waals surface area contributed by atoms with E-state index < -0.39 is 7.25 Å². The predicted molar refractivity (Wildman–Crippen MR) is 43.1 cm³/mol. The number of hydrogen-bond donors (Lipinski definition) is 0. The minimum atomic E-state index is -6.00. The molecule has 7 heteroatoms. The summed E-state index contributed by atoms with van der Waals surface area (Å²) in [6.07, 6.45) is 4.18. The first-order chi connectivity index (χ1) is 4.27. The van der Waals surface area contributed by atoms with Crippen LogP contribution >= 0.6 is 12.2 Å². The molecular weight excluding hydrogens is 187 g/mol. The summed E-state index contributed by atoms with van der Waals surface area (Å²) in [6, 6.07) is 0. The topological polar surface area (TPSA) is 0 Å². The van der Waals surface area contributed by atoms with Crippen LogP contribution < -0.4 is 0 Å². The molecule has 0 saturated carbocycles. The van der Waals surface area contributed by atoms with Crippen molar-refractivity contribution in [3.8, 4) is 0 Å². The average Bonchev–Trinajstić information content (AvgIpc) is 1.61. The molecule has 0 aliphatic carbocycles. The highest BCUT2D eigenvalue weighted by molar-refractivity contribution is 8.17. The molecule has 0 aromatic rings. The van der Waals surface area contributed by atoms with E-state index in [9.17, 15) is 17.3 Å². The molecule has 0 heterocycles. The molecule has 0 aliphatic heterocycles. The molecule has 0 spiro atoms. The molecule has 0 radical (unpaired) electrons. The van der Waals surface area contributed by atoms with Crippen molar-refractivity contribution in [1.82, 2.24) is 0 Å². The molecule has 0 aromatic carbocycles. The van der Waals surface area contributed by atoms with Gasteiger partial charge in [-0.3, -0.25) is 0 Å². The van der Waals surface area contributed by atoms with Gasteiger partial charge in [0.2, 0.25) is 0 Å². The van der Waals surface area contributed by atoms with Crippen LogP contribution in [0.2, 0.25) is 0 Å². The maximum atomic E-state index is 9.75. The highest BCUT2D eigenvalue weighted by Crippen LogP contribution is 2.06. The number of thiocarbonyl (C=S) groups is 1. The van der Waals surface area contributed by atoms with Gasteiger partial charge in [0.05, 0.1) is 0 Å². The van der Waals surface area contributed by atoms with Crippen molar-refractivity contribution in [2.45, 2.75) is 0 Å². The summed E-state index contributed by atoms with van der Waals surface area (Å²) in [5.41, 5.74) is 0. The Bertz CT molecular complexity index is 85.0. The molecular formula is C3H7BF4S2. The largest absolute Gasteiger partial charge is 0.673 e. The van der Waals surface area contributed by atoms with Crippen molar-refractivity contribution in [2.75, 3.05) is 12.5 Å². The molecule has 0 rings (SSSR count). The van der Waals surface area contributed by atoms with E-state index in [0.29, 0.717) is 10.9 Å². The van der Waals surface area contributed by atoms with Crippen molar-refractivity contribution in [3.63, 3.8) is 0 Å². The van der Waals surface area contributed by atoms with E-state index >= 15 is 0 Å². The Hall–Kier alpha value is 0.225. The van der Waals surface area contributed by atoms with Crippen LogP contribution in [0.1, 0.15) is 0 Å². The van der Waals surface area contributed by atoms with Gasteiger partial charge in [-0.05, 0) is 12.2 Å². The van der Waals surface area contributed by atoms with Crippen LogP contribution in [0.5, 0.6) is 0 Å². The lowest BCUT2D eigenvalue weighted by Crippen LogP contribution is -2.02. The Balaban J connectivity index is 0. The summed E-state index contributed by atoms with van der Waals surface area (Å²) in [7, 11) is -5.63. The number of rotatable bonds is 1. The van der Waals surface area contributed by atoms with Gasteiger partial charge in [-0.1, -0.05) is 0 Å². The summed E-state index contributed by atoms with van der Waals surface area (Å²) in [5, 5.41) is 0. The Morgan fingerprint density at radius 1 is 1.20 bits per heavy atom. The van der Waals surface area contributed by atoms with Gasteiger partial charge in [0.25, 0.3) is 0 Å². The van der Waals surface area contributed by atoms with Crippen molar-refractivity contribution in [3.05, 3.63) is 0 Å². The summed E-state index contributed by atoms with van der Waals surface area (Å²) in [6.45, 7) is 0. The average molecular weight is 194 g/mol. The van der Waals surface area contributed by atoms with Crippen molar-refractivity contribution in [2.24, 2.45) is 0 Å². The number of hydrogen-bond acceptors (Lipinski definition) is 1. The third-order valence-corrected chi connectivity index (χ3v) is 1.73. The molecule has 0 bridgehead atoms. The fourth-order valence-corrected chi connectivity index (χ4v) is 0. The standard InChI is InChI=1S/C3H7S2.BF4/c1-5(2)3-4;2-1(3,4)5/h3H,1-2H3;/q+1;-1. The molecule has 62 valence electrons. The maximum absolute atomic E-state index is 9.75. The van der Waals surface area contributed by atoms with Crippen molar-refractivity contribution >= 4 is 35.1 Å². The summed E-state index contributed by atoms with van der Waals surface area (Å²) in [4.78, 5) is 0. The minimum Gasteiger partial charge on any atom is -0.418 e. The number of halogens is 4. The minimum absolute atomic E-state index is 0.367. The van der Waals surface area contributed by atoms with Gasteiger partial charge in [0.15, 0.2) is 4.70 Å². The van der Waals surface area contributed by atoms with E-state index in [1.165, 1.54) is 0 Å². The normalized spacial score (nSPS) is 10.3. The SMILES string of the molecule is C[S+](C)C=S.F[B-](F)(F)F. The summed E-state index contributed by atoms with van der Waals surface area (Å²) >= 11 is 4.56. The fourth-order valence-electron chi connectivity index (χ4n) is 0. The van der Waals surface area contributed by atoms with Gasteiger partial charge in [0, 0.05) is 10.9 Å². The van der Waals surface area contributed by atoms with Crippen LogP contribution in [0.4, 0.5) is 17.3 Å². The van der Waals surface area contributed by atoms with Crippen LogP contribution in [0.25, 0.3) is 0 Å². The van der Waals surface area contributed by atoms with Gasteiger partial charge in [-0.2, -0.15) is 0 Å². The van der Waals surface area contributed by atoms with Gasteiger partial charge in [-0.25, -0.2) is 0 Å². The third kappa shape index (κ3) is 86.7. The lowest BCUT2D eigenvalue weighted by Gasteiger charge is -1.94. The first-order valence-corrected chi connectivity index (χ1v) is 4.74. The highest BCUT2D eigenvalue weighted by Gasteiger charge is 2.20. The molecule has 0 fully saturated rings. The lowest BCUT2D eigenvalue weighted by atomic mass is 10.3. The van der Waals surface area contributed by atoms with Gasteiger partial charge < -0.3 is 17.3 Å². The fraction of sp³-hybridized carbons (Fsp3) is 0.667. The molecule has 0 amide bonds. The Morgan fingerprint density at radius 2 is 1.30 bits per heavy atom.